The molecule has 1 amide bonds. The summed E-state index contributed by atoms with van der Waals surface area (Å²) in [5, 5.41) is 2.99. The van der Waals surface area contributed by atoms with E-state index < -0.39 is 10.0 Å². The lowest BCUT2D eigenvalue weighted by molar-refractivity contribution is -0.120. The molecule has 1 aliphatic rings. The van der Waals surface area contributed by atoms with Crippen molar-refractivity contribution in [3.05, 3.63) is 65.7 Å². The van der Waals surface area contributed by atoms with Gasteiger partial charge in [0, 0.05) is 24.7 Å². The van der Waals surface area contributed by atoms with Crippen LogP contribution in [0.1, 0.15) is 43.7 Å². The predicted octanol–water partition coefficient (Wildman–Crippen LogP) is 3.99. The first kappa shape index (κ1) is 20.6. The zero-order valence-electron chi connectivity index (χ0n) is 16.5. The van der Waals surface area contributed by atoms with Crippen molar-refractivity contribution in [1.29, 1.82) is 0 Å². The van der Waals surface area contributed by atoms with Crippen LogP contribution in [0.15, 0.2) is 54.6 Å². The number of carbonyl (C=O) groups excluding carboxylic acids is 1. The summed E-state index contributed by atoms with van der Waals surface area (Å²) in [5.41, 5.74) is 2.77. The van der Waals surface area contributed by atoms with Gasteiger partial charge in [0.1, 0.15) is 0 Å². The molecule has 1 saturated heterocycles. The van der Waals surface area contributed by atoms with Gasteiger partial charge >= 0.3 is 0 Å². The van der Waals surface area contributed by atoms with Crippen molar-refractivity contribution in [1.82, 2.24) is 4.31 Å². The Morgan fingerprint density at radius 1 is 1.07 bits per heavy atom. The van der Waals surface area contributed by atoms with Crippen LogP contribution >= 0.6 is 0 Å². The first-order chi connectivity index (χ1) is 13.3. The van der Waals surface area contributed by atoms with Gasteiger partial charge in [-0.15, -0.1) is 0 Å². The number of nitrogens with zero attached hydrogens (tertiary/aromatic N) is 1. The Kier molecular flexibility index (Phi) is 6.52. The lowest BCUT2D eigenvalue weighted by Crippen LogP contribution is -2.41. The summed E-state index contributed by atoms with van der Waals surface area (Å²) >= 11 is 0. The number of benzene rings is 2. The van der Waals surface area contributed by atoms with Crippen LogP contribution in [0.3, 0.4) is 0 Å². The molecule has 0 bridgehead atoms. The van der Waals surface area contributed by atoms with Crippen molar-refractivity contribution in [2.24, 2.45) is 5.92 Å². The van der Waals surface area contributed by atoms with Gasteiger partial charge in [-0.3, -0.25) is 4.79 Å². The van der Waals surface area contributed by atoms with E-state index in [4.69, 9.17) is 0 Å². The van der Waals surface area contributed by atoms with Gasteiger partial charge in [0.2, 0.25) is 15.9 Å². The topological polar surface area (TPSA) is 66.5 Å². The van der Waals surface area contributed by atoms with Crippen LogP contribution in [0.2, 0.25) is 0 Å². The van der Waals surface area contributed by atoms with Gasteiger partial charge in [0.25, 0.3) is 0 Å². The molecule has 0 aliphatic carbocycles. The number of sulfonamides is 1. The Labute approximate surface area is 167 Å². The minimum absolute atomic E-state index is 0.00664. The van der Waals surface area contributed by atoms with Crippen molar-refractivity contribution in [3.8, 4) is 0 Å². The Morgan fingerprint density at radius 3 is 2.39 bits per heavy atom. The highest BCUT2D eigenvalue weighted by molar-refractivity contribution is 7.88. The quantitative estimate of drug-likeness (QED) is 0.797. The smallest absolute Gasteiger partial charge is 0.227 e. The summed E-state index contributed by atoms with van der Waals surface area (Å²) in [5.74, 6) is 0.217. The third-order valence-electron chi connectivity index (χ3n) is 5.23. The minimum atomic E-state index is -3.36. The molecule has 3 rings (SSSR count). The summed E-state index contributed by atoms with van der Waals surface area (Å²) in [6, 6.07) is 17.1. The number of carbonyl (C=O) groups is 1. The fraction of sp³-hybridized carbons (Fsp3) is 0.409. The molecule has 0 saturated carbocycles. The van der Waals surface area contributed by atoms with Gasteiger partial charge in [-0.2, -0.15) is 0 Å². The molecule has 1 N–H and O–H groups in total. The van der Waals surface area contributed by atoms with Crippen LogP contribution in [0, 0.1) is 5.92 Å². The molecular weight excluding hydrogens is 372 g/mol. The maximum absolute atomic E-state index is 12.6. The summed E-state index contributed by atoms with van der Waals surface area (Å²) in [6.07, 6.45) is 1.09. The molecular formula is C22H28N2O3S. The zero-order valence-corrected chi connectivity index (χ0v) is 17.3. The lowest BCUT2D eigenvalue weighted by Gasteiger charge is -2.30. The number of rotatable bonds is 6. The molecule has 6 heteroatoms. The van der Waals surface area contributed by atoms with E-state index in [-0.39, 0.29) is 17.6 Å². The Morgan fingerprint density at radius 2 is 1.75 bits per heavy atom. The Bertz CT molecular complexity index is 902. The maximum atomic E-state index is 12.6. The summed E-state index contributed by atoms with van der Waals surface area (Å²) in [4.78, 5) is 12.6. The molecule has 0 spiro atoms. The molecule has 28 heavy (non-hydrogen) atoms. The van der Waals surface area contributed by atoms with Crippen molar-refractivity contribution < 1.29 is 13.2 Å². The second-order valence-corrected chi connectivity index (χ2v) is 9.65. The summed E-state index contributed by atoms with van der Waals surface area (Å²) in [6.45, 7) is 5.01. The van der Waals surface area contributed by atoms with Crippen molar-refractivity contribution in [2.75, 3.05) is 18.4 Å². The number of hydrogen-bond acceptors (Lipinski definition) is 3. The second-order valence-electron chi connectivity index (χ2n) is 7.68. The van der Waals surface area contributed by atoms with Gasteiger partial charge in [0.15, 0.2) is 0 Å². The number of amides is 1. The molecule has 0 atom stereocenters. The van der Waals surface area contributed by atoms with Crippen LogP contribution < -0.4 is 5.32 Å². The van der Waals surface area contributed by atoms with Crippen molar-refractivity contribution in [2.45, 2.75) is 38.4 Å². The molecule has 5 nitrogen and oxygen atoms in total. The number of piperidine rings is 1. The minimum Gasteiger partial charge on any atom is -0.326 e. The molecule has 1 aliphatic heterocycles. The fourth-order valence-electron chi connectivity index (χ4n) is 3.49. The normalized spacial score (nSPS) is 16.2. The third-order valence-corrected chi connectivity index (χ3v) is 7.08. The maximum Gasteiger partial charge on any atom is 0.227 e. The van der Waals surface area contributed by atoms with E-state index in [0.29, 0.717) is 31.8 Å². The molecule has 0 aromatic heterocycles. The van der Waals surface area contributed by atoms with E-state index in [1.165, 1.54) is 9.87 Å². The largest absolute Gasteiger partial charge is 0.326 e. The standard InChI is InChI=1S/C22H28N2O3S/c1-17(2)20-9-6-10-21(15-20)23-22(25)19-11-13-24(14-12-19)28(26,27)16-18-7-4-3-5-8-18/h3-10,15,17,19H,11-14,16H2,1-2H3,(H,23,25). The van der Waals surface area contributed by atoms with E-state index in [1.54, 1.807) is 0 Å². The molecule has 150 valence electrons. The van der Waals surface area contributed by atoms with E-state index >= 15 is 0 Å². The van der Waals surface area contributed by atoms with Gasteiger partial charge < -0.3 is 5.32 Å². The van der Waals surface area contributed by atoms with Gasteiger partial charge in [0.05, 0.1) is 5.75 Å². The molecule has 2 aromatic rings. The predicted molar refractivity (Wildman–Crippen MR) is 113 cm³/mol. The molecule has 2 aromatic carbocycles. The number of hydrogen-bond donors (Lipinski definition) is 1. The SMILES string of the molecule is CC(C)c1cccc(NC(=O)C2CCN(S(=O)(=O)Cc3ccccc3)CC2)c1. The van der Waals surface area contributed by atoms with Gasteiger partial charge in [-0.25, -0.2) is 12.7 Å². The molecule has 0 unspecified atom stereocenters. The van der Waals surface area contributed by atoms with Crippen LogP contribution in [0.4, 0.5) is 5.69 Å². The van der Waals surface area contributed by atoms with Gasteiger partial charge in [-0.05, 0) is 42.0 Å². The van der Waals surface area contributed by atoms with Crippen molar-refractivity contribution in [3.63, 3.8) is 0 Å². The molecule has 0 radical (unpaired) electrons. The first-order valence-electron chi connectivity index (χ1n) is 9.78. The molecule has 1 fully saturated rings. The highest BCUT2D eigenvalue weighted by Crippen LogP contribution is 2.24. The Balaban J connectivity index is 1.56. The van der Waals surface area contributed by atoms with E-state index in [9.17, 15) is 13.2 Å². The average molecular weight is 401 g/mol. The van der Waals surface area contributed by atoms with E-state index in [0.717, 1.165) is 11.3 Å². The summed E-state index contributed by atoms with van der Waals surface area (Å²) < 4.78 is 26.8. The Hall–Kier alpha value is -2.18. The monoisotopic (exact) mass is 400 g/mol. The first-order valence-corrected chi connectivity index (χ1v) is 11.4. The van der Waals surface area contributed by atoms with Gasteiger partial charge in [-0.1, -0.05) is 56.3 Å². The van der Waals surface area contributed by atoms with Crippen LogP contribution in [-0.2, 0) is 20.6 Å². The number of nitrogens with one attached hydrogen (secondary N) is 1. The second kappa shape index (κ2) is 8.88. The lowest BCUT2D eigenvalue weighted by atomic mass is 9.97. The summed E-state index contributed by atoms with van der Waals surface area (Å²) in [7, 11) is -3.36. The molecule has 1 heterocycles. The van der Waals surface area contributed by atoms with E-state index in [1.807, 2.05) is 48.5 Å². The van der Waals surface area contributed by atoms with E-state index in [2.05, 4.69) is 25.2 Å². The number of anilines is 1. The van der Waals surface area contributed by atoms with Crippen LogP contribution in [0.25, 0.3) is 0 Å². The highest BCUT2D eigenvalue weighted by Gasteiger charge is 2.31. The van der Waals surface area contributed by atoms with Crippen LogP contribution in [0.5, 0.6) is 0 Å². The van der Waals surface area contributed by atoms with Crippen molar-refractivity contribution >= 4 is 21.6 Å². The van der Waals surface area contributed by atoms with Crippen LogP contribution in [-0.4, -0.2) is 31.7 Å². The third kappa shape index (κ3) is 5.20. The highest BCUT2D eigenvalue weighted by atomic mass is 32.2. The fourth-order valence-corrected chi connectivity index (χ4v) is 5.06. The average Bonchev–Trinajstić information content (AvgIpc) is 2.68. The zero-order chi connectivity index (χ0) is 20.1.